The van der Waals surface area contributed by atoms with Gasteiger partial charge in [-0.25, -0.2) is 14.6 Å². The summed E-state index contributed by atoms with van der Waals surface area (Å²) in [4.78, 5) is 143. The average molecular weight is 2060 g/mol. The number of carbonyl (C=O) groups excluding carboxylic acids is 11. The van der Waals surface area contributed by atoms with Crippen molar-refractivity contribution in [3.63, 3.8) is 0 Å². The number of benzene rings is 11. The normalized spacial score (nSPS) is 16.1. The van der Waals surface area contributed by atoms with Gasteiger partial charge in [0.15, 0.2) is 59.8 Å². The van der Waals surface area contributed by atoms with Crippen LogP contribution in [0.15, 0.2) is 207 Å². The van der Waals surface area contributed by atoms with Crippen LogP contribution in [0.3, 0.4) is 0 Å². The highest BCUT2D eigenvalue weighted by atomic mass is 79.9. The largest absolute Gasteiger partial charge is 0.488 e. The van der Waals surface area contributed by atoms with E-state index in [1.807, 2.05) is 85.1 Å². The highest BCUT2D eigenvalue weighted by Crippen LogP contribution is 2.49. The van der Waals surface area contributed by atoms with Gasteiger partial charge in [0.05, 0.1) is 37.9 Å². The van der Waals surface area contributed by atoms with E-state index in [-0.39, 0.29) is 75.7 Å². The van der Waals surface area contributed by atoms with Crippen molar-refractivity contribution in [2.24, 2.45) is 4.99 Å². The lowest BCUT2D eigenvalue weighted by atomic mass is 9.84. The van der Waals surface area contributed by atoms with Crippen molar-refractivity contribution in [2.75, 3.05) is 23.9 Å². The van der Waals surface area contributed by atoms with Crippen LogP contribution >= 0.6 is 63.7 Å². The summed E-state index contributed by atoms with van der Waals surface area (Å²) in [6.07, 6.45) is 12.5. The molecule has 0 spiro atoms. The van der Waals surface area contributed by atoms with E-state index in [0.717, 1.165) is 203 Å². The average Bonchev–Trinajstić information content (AvgIpc) is 1.73. The Labute approximate surface area is 809 Å². The Hall–Kier alpha value is -13.5. The maximum absolute atomic E-state index is 12.7. The molecule has 678 valence electrons. The number of aliphatic imine (C=N–C) groups is 1. The number of nitrogens with one attached hydrogen (secondary N) is 1. The lowest BCUT2D eigenvalue weighted by molar-refractivity contribution is -0.144. The lowest BCUT2D eigenvalue weighted by Crippen LogP contribution is -2.31. The van der Waals surface area contributed by atoms with E-state index < -0.39 is 24.0 Å². The lowest BCUT2D eigenvalue weighted by Gasteiger charge is -2.27. The number of Topliss-reactive ketones (excluding diaryl/α,β-unsaturated/α-hetero) is 8. The van der Waals surface area contributed by atoms with Crippen molar-refractivity contribution in [1.29, 1.82) is 0 Å². The first-order chi connectivity index (χ1) is 65.3. The summed E-state index contributed by atoms with van der Waals surface area (Å²) < 4.78 is 44.4. The van der Waals surface area contributed by atoms with Gasteiger partial charge in [-0.15, -0.1) is 0 Å². The van der Waals surface area contributed by atoms with Crippen LogP contribution in [0.5, 0.6) is 28.7 Å². The molecule has 0 radical (unpaired) electrons. The topological polar surface area (TPSA) is 303 Å². The summed E-state index contributed by atoms with van der Waals surface area (Å²) >= 11 is 13.3. The van der Waals surface area contributed by atoms with Gasteiger partial charge >= 0.3 is 17.9 Å². The zero-order valence-corrected chi connectivity index (χ0v) is 79.7. The van der Waals surface area contributed by atoms with Gasteiger partial charge in [0, 0.05) is 110 Å². The summed E-state index contributed by atoms with van der Waals surface area (Å²) in [5, 5.41) is 3.11. The molecule has 10 aliphatic rings. The number of esters is 3. The Morgan fingerprint density at radius 1 is 0.437 bits per heavy atom. The summed E-state index contributed by atoms with van der Waals surface area (Å²) in [6.45, 7) is 15.0. The molecule has 6 aliphatic heterocycles. The maximum atomic E-state index is 12.7. The monoisotopic (exact) mass is 2060 g/mol. The van der Waals surface area contributed by atoms with Gasteiger partial charge in [-0.05, 0) is 261 Å². The Bertz CT molecular complexity index is 7180. The summed E-state index contributed by atoms with van der Waals surface area (Å²) in [5.41, 5.74) is 30.0. The van der Waals surface area contributed by atoms with E-state index in [2.05, 4.69) is 160 Å². The molecule has 0 bridgehead atoms. The number of alkyl halides is 4. The highest BCUT2D eigenvalue weighted by molar-refractivity contribution is 9.10. The van der Waals surface area contributed by atoms with Crippen molar-refractivity contribution in [1.82, 2.24) is 9.97 Å². The van der Waals surface area contributed by atoms with Gasteiger partial charge in [0.1, 0.15) is 67.6 Å². The van der Waals surface area contributed by atoms with E-state index in [1.165, 1.54) is 40.1 Å². The number of fused-ring (bicyclic) bond motifs is 22. The smallest absolute Gasteiger partial charge is 0.330 e. The van der Waals surface area contributed by atoms with Gasteiger partial charge in [-0.3, -0.25) is 48.1 Å². The molecule has 3 atom stereocenters. The quantitative estimate of drug-likeness (QED) is 0.0328. The Kier molecular flexibility index (Phi) is 26.7. The second kappa shape index (κ2) is 39.2. The zero-order chi connectivity index (χ0) is 94.3. The number of H-pyrrole nitrogens is 1. The standard InChI is InChI=1S/C25H19N3O.C24H20O7.C22H17BrO5.C19H14Br2O3.C19H15BrO3/c1-3-25-26-12-23(28-25)16-4-6-18-17(9-16)13-29-24-11-19-15(10-21(18)24)5-7-22-20(19)8-14(2)27-22;1-3-23(27)30-12-20(26)15-4-6-17-16(8-15)11-29-22-10-18-14(9-19(17)22)5-7-21(24(18)28)31-13(2)25;1-2-21(25)28-11-19(24)13-3-5-15-14(7-13)10-27-20-9-16-12(8-17(15)20)4-6-18(23)22(16)26;20-8-17(22)11-1-3-13-12(5-11)9-24-18-7-14-10(6-15(13)18)2-4-16(21)19(14)23;20-9-18(22)12-4-5-14-13(6-12)10-23-19-8-15-11(7-16(14)19)2-1-3-17(15)21/h3-7,9-12H,1,8,13H2,2H3,(H,26,28);3-4,6,8-10,21H,1,5,7,11-12H2,2H3;2-3,5,7-9,18H,1,4,6,10-11H2;1,3,5-7,16H,2,4,8-9H2;4-8H,1-3,9-10H2. The Morgan fingerprint density at radius 2 is 0.844 bits per heavy atom. The fourth-order valence-corrected chi connectivity index (χ4v) is 20.2. The number of imidazole rings is 1. The molecule has 3 unspecified atom stereocenters. The van der Waals surface area contributed by atoms with Crippen molar-refractivity contribution in [2.45, 2.75) is 127 Å². The van der Waals surface area contributed by atoms with E-state index in [4.69, 9.17) is 37.9 Å². The molecule has 4 aliphatic carbocycles. The van der Waals surface area contributed by atoms with E-state index >= 15 is 0 Å². The Morgan fingerprint density at radius 3 is 1.28 bits per heavy atom. The molecule has 7 heterocycles. The molecule has 22 nitrogen and oxygen atoms in total. The number of aryl methyl sites for hydroxylation is 4. The third-order valence-electron chi connectivity index (χ3n) is 25.4. The van der Waals surface area contributed by atoms with Gasteiger partial charge in [0.2, 0.25) is 5.78 Å². The van der Waals surface area contributed by atoms with Gasteiger partial charge in [0.25, 0.3) is 0 Å². The molecule has 0 fully saturated rings. The number of aromatic nitrogens is 2. The molecule has 26 heteroatoms. The molecular weight excluding hydrogens is 1970 g/mol. The van der Waals surface area contributed by atoms with Crippen molar-refractivity contribution >= 4 is 156 Å². The molecule has 1 aromatic heterocycles. The van der Waals surface area contributed by atoms with Gasteiger partial charge in [-0.2, -0.15) is 0 Å². The Balaban J connectivity index is 0.000000113. The molecular formula is C109H85Br4N3O19. The predicted molar refractivity (Wildman–Crippen MR) is 526 cm³/mol. The summed E-state index contributed by atoms with van der Waals surface area (Å²) in [6, 6.07) is 52.8. The molecule has 0 saturated carbocycles. The fourth-order valence-electron chi connectivity index (χ4n) is 18.6. The first-order valence-corrected chi connectivity index (χ1v) is 48.1. The number of carbonyl (C=O) groups is 11. The SMILES string of the molecule is C=CC(=O)OCC(=O)c1ccc2c(c1)COc1cc3c(cc1-2)CCC(Br)C3=O.C=CC(=O)OCC(=O)c1ccc2c(c1)COc1cc3c(cc1-2)CCC(OC(C)=O)C3=O.C=Cc1ncc(-c2ccc3c(c2)COc2cc4c5c(ccc4cc2-3)N=C(C)C5)[nH]1.O=C(CBr)c1ccc2c(c1)COc1cc3c(cc1-2)CCC(Br)C3=O.O=C(CBr)c1ccc2c(c1)COc1cc3c(cc1-2)CCCC3=O. The summed E-state index contributed by atoms with van der Waals surface area (Å²) in [5.74, 6) is 2.46. The molecule has 12 aromatic rings. The minimum atomic E-state index is -0.761. The van der Waals surface area contributed by atoms with Crippen LogP contribution in [0.1, 0.15) is 190 Å². The zero-order valence-electron chi connectivity index (χ0n) is 73.3. The van der Waals surface area contributed by atoms with Crippen LogP contribution in [-0.4, -0.2) is 119 Å². The molecule has 22 rings (SSSR count). The third kappa shape index (κ3) is 18.9. The number of aromatic amines is 1. The van der Waals surface area contributed by atoms with Crippen molar-refractivity contribution < 1.29 is 90.6 Å². The van der Waals surface area contributed by atoms with E-state index in [9.17, 15) is 52.7 Å². The number of rotatable bonds is 15. The minimum absolute atomic E-state index is 0.0583. The van der Waals surface area contributed by atoms with E-state index in [0.29, 0.717) is 101 Å². The second-order valence-electron chi connectivity index (χ2n) is 34.0. The van der Waals surface area contributed by atoms with Crippen LogP contribution < -0.4 is 23.7 Å². The third-order valence-corrected chi connectivity index (χ3v) is 28.2. The second-order valence-corrected chi connectivity index (χ2v) is 37.3. The van der Waals surface area contributed by atoms with Crippen molar-refractivity contribution in [3.05, 3.63) is 308 Å². The number of ether oxygens (including phenoxy) is 8. The number of nitrogens with zero attached hydrogens (tertiary/aromatic N) is 2. The maximum Gasteiger partial charge on any atom is 0.330 e. The number of hydrogen-bond donors (Lipinski definition) is 1. The molecule has 11 aromatic carbocycles. The molecule has 135 heavy (non-hydrogen) atoms. The highest BCUT2D eigenvalue weighted by Gasteiger charge is 2.36. The number of halogens is 4. The first-order valence-electron chi connectivity index (χ1n) is 44.0. The predicted octanol–water partition coefficient (Wildman–Crippen LogP) is 22.4. The van der Waals surface area contributed by atoms with Crippen LogP contribution in [0.2, 0.25) is 0 Å². The first kappa shape index (κ1) is 91.9. The van der Waals surface area contributed by atoms with E-state index in [1.54, 1.807) is 36.4 Å². The molecule has 0 amide bonds. The summed E-state index contributed by atoms with van der Waals surface area (Å²) in [7, 11) is 0. The fraction of sp³-hybridized carbons (Fsp3) is 0.220. The molecule has 0 saturated heterocycles. The minimum Gasteiger partial charge on any atom is -0.488 e. The van der Waals surface area contributed by atoms with Gasteiger partial charge in [-0.1, -0.05) is 150 Å². The van der Waals surface area contributed by atoms with Crippen LogP contribution in [0.25, 0.3) is 83.7 Å². The van der Waals surface area contributed by atoms with Crippen LogP contribution in [-0.2, 0) is 93.7 Å². The number of hydrogen-bond acceptors (Lipinski definition) is 21. The number of ketones is 8. The van der Waals surface area contributed by atoms with Crippen LogP contribution in [0.4, 0.5) is 5.69 Å². The van der Waals surface area contributed by atoms with Gasteiger partial charge < -0.3 is 42.9 Å². The van der Waals surface area contributed by atoms with Crippen molar-refractivity contribution in [3.8, 4) is 95.6 Å². The van der Waals surface area contributed by atoms with Crippen LogP contribution in [0, 0.1) is 0 Å². The molecule has 1 N–H and O–H groups in total.